The van der Waals surface area contributed by atoms with Gasteiger partial charge in [0.1, 0.15) is 5.60 Å². The molecule has 1 fully saturated rings. The second-order valence-corrected chi connectivity index (χ2v) is 5.31. The molecule has 1 saturated heterocycles. The Kier molecular flexibility index (Phi) is 5.84. The molecule has 0 aliphatic carbocycles. The van der Waals surface area contributed by atoms with Crippen molar-refractivity contribution >= 4 is 6.09 Å². The zero-order valence-electron chi connectivity index (χ0n) is 11.6. The summed E-state index contributed by atoms with van der Waals surface area (Å²) in [4.78, 5) is 11.6. The van der Waals surface area contributed by atoms with Gasteiger partial charge in [0, 0.05) is 20.2 Å². The Morgan fingerprint density at radius 3 is 2.67 bits per heavy atom. The van der Waals surface area contributed by atoms with E-state index in [0.717, 1.165) is 6.54 Å². The number of hydrogen-bond donors (Lipinski definition) is 2. The van der Waals surface area contributed by atoms with E-state index < -0.39 is 11.7 Å². The van der Waals surface area contributed by atoms with Gasteiger partial charge in [-0.3, -0.25) is 0 Å². The summed E-state index contributed by atoms with van der Waals surface area (Å²) in [5, 5.41) is 6.00. The van der Waals surface area contributed by atoms with Crippen LogP contribution < -0.4 is 10.6 Å². The Labute approximate surface area is 108 Å². The van der Waals surface area contributed by atoms with Gasteiger partial charge in [-0.2, -0.15) is 0 Å². The maximum absolute atomic E-state index is 11.6. The van der Waals surface area contributed by atoms with Gasteiger partial charge in [0.25, 0.3) is 0 Å². The van der Waals surface area contributed by atoms with E-state index in [2.05, 4.69) is 10.6 Å². The summed E-state index contributed by atoms with van der Waals surface area (Å²) < 4.78 is 15.8. The third kappa shape index (κ3) is 5.66. The highest BCUT2D eigenvalue weighted by Crippen LogP contribution is 2.09. The van der Waals surface area contributed by atoms with E-state index in [0.29, 0.717) is 19.8 Å². The van der Waals surface area contributed by atoms with Crippen LogP contribution in [0.5, 0.6) is 0 Å². The molecule has 0 unspecified atom stereocenters. The highest BCUT2D eigenvalue weighted by molar-refractivity contribution is 5.68. The molecule has 0 bridgehead atoms. The minimum atomic E-state index is -0.484. The monoisotopic (exact) mass is 260 g/mol. The van der Waals surface area contributed by atoms with Crippen LogP contribution in [0.15, 0.2) is 0 Å². The number of carbonyl (C=O) groups excluding carboxylic acids is 1. The molecule has 0 aromatic carbocycles. The number of hydrogen-bond acceptors (Lipinski definition) is 5. The van der Waals surface area contributed by atoms with Gasteiger partial charge in [-0.1, -0.05) is 0 Å². The molecular weight excluding hydrogens is 236 g/mol. The number of methoxy groups -OCH3 is 1. The van der Waals surface area contributed by atoms with E-state index in [1.165, 1.54) is 0 Å². The Bertz CT molecular complexity index is 265. The maximum atomic E-state index is 11.6. The van der Waals surface area contributed by atoms with E-state index in [4.69, 9.17) is 14.2 Å². The van der Waals surface area contributed by atoms with Gasteiger partial charge < -0.3 is 24.8 Å². The van der Waals surface area contributed by atoms with E-state index >= 15 is 0 Å². The third-order valence-electron chi connectivity index (χ3n) is 2.48. The van der Waals surface area contributed by atoms with Crippen molar-refractivity contribution in [1.82, 2.24) is 10.6 Å². The molecule has 1 aliphatic heterocycles. The fourth-order valence-corrected chi connectivity index (χ4v) is 1.72. The summed E-state index contributed by atoms with van der Waals surface area (Å²) in [7, 11) is 1.63. The normalized spacial score (nSPS) is 24.0. The Morgan fingerprint density at radius 1 is 1.33 bits per heavy atom. The average molecular weight is 260 g/mol. The van der Waals surface area contributed by atoms with Gasteiger partial charge in [-0.05, 0) is 20.8 Å². The molecule has 1 rings (SSSR count). The summed E-state index contributed by atoms with van der Waals surface area (Å²) >= 11 is 0. The van der Waals surface area contributed by atoms with Gasteiger partial charge in [0.15, 0.2) is 0 Å². The van der Waals surface area contributed by atoms with Gasteiger partial charge >= 0.3 is 6.09 Å². The zero-order chi connectivity index (χ0) is 13.6. The van der Waals surface area contributed by atoms with Gasteiger partial charge in [0.2, 0.25) is 0 Å². The van der Waals surface area contributed by atoms with Crippen molar-refractivity contribution in [2.75, 3.05) is 33.4 Å². The molecular formula is C12H24N2O4. The van der Waals surface area contributed by atoms with Crippen molar-refractivity contribution in [1.29, 1.82) is 0 Å². The molecule has 106 valence electrons. The number of rotatable bonds is 5. The van der Waals surface area contributed by atoms with E-state index in [9.17, 15) is 4.79 Å². The molecule has 0 aromatic heterocycles. The average Bonchev–Trinajstić information content (AvgIpc) is 2.63. The van der Waals surface area contributed by atoms with Crippen molar-refractivity contribution in [3.63, 3.8) is 0 Å². The fourth-order valence-electron chi connectivity index (χ4n) is 1.72. The quantitative estimate of drug-likeness (QED) is 0.705. The highest BCUT2D eigenvalue weighted by atomic mass is 16.6. The minimum Gasteiger partial charge on any atom is -0.444 e. The van der Waals surface area contributed by atoms with E-state index in [1.807, 2.05) is 20.8 Å². The number of alkyl carbamates (subject to hydrolysis) is 1. The molecule has 0 aromatic rings. The highest BCUT2D eigenvalue weighted by Gasteiger charge is 2.30. The molecule has 0 saturated carbocycles. The van der Waals surface area contributed by atoms with Crippen LogP contribution in [-0.4, -0.2) is 57.3 Å². The van der Waals surface area contributed by atoms with Crippen LogP contribution in [0.3, 0.4) is 0 Å². The van der Waals surface area contributed by atoms with Crippen molar-refractivity contribution in [2.45, 2.75) is 38.5 Å². The number of nitrogens with one attached hydrogen (secondary N) is 2. The summed E-state index contributed by atoms with van der Waals surface area (Å²) in [5.41, 5.74) is -0.484. The van der Waals surface area contributed by atoms with Crippen molar-refractivity contribution in [2.24, 2.45) is 0 Å². The van der Waals surface area contributed by atoms with Crippen LogP contribution in [-0.2, 0) is 14.2 Å². The first-order valence-electron chi connectivity index (χ1n) is 6.23. The predicted molar refractivity (Wildman–Crippen MR) is 67.6 cm³/mol. The van der Waals surface area contributed by atoms with Crippen molar-refractivity contribution in [3.05, 3.63) is 0 Å². The van der Waals surface area contributed by atoms with Crippen LogP contribution in [0.4, 0.5) is 4.79 Å². The first-order chi connectivity index (χ1) is 8.42. The predicted octanol–water partition coefficient (Wildman–Crippen LogP) is 0.515. The van der Waals surface area contributed by atoms with Crippen LogP contribution in [0, 0.1) is 0 Å². The lowest BCUT2D eigenvalue weighted by Crippen LogP contribution is -2.46. The van der Waals surface area contributed by atoms with Gasteiger partial charge in [0.05, 0.1) is 25.4 Å². The molecule has 1 heterocycles. The summed E-state index contributed by atoms with van der Waals surface area (Å²) in [5.74, 6) is 0. The Hall–Kier alpha value is -0.850. The summed E-state index contributed by atoms with van der Waals surface area (Å²) in [6.45, 7) is 8.01. The summed E-state index contributed by atoms with van der Waals surface area (Å²) in [6.07, 6.45) is -0.441. The van der Waals surface area contributed by atoms with Crippen LogP contribution in [0.25, 0.3) is 0 Å². The van der Waals surface area contributed by atoms with Gasteiger partial charge in [-0.15, -0.1) is 0 Å². The Balaban J connectivity index is 2.33. The van der Waals surface area contributed by atoms with Gasteiger partial charge in [-0.25, -0.2) is 4.79 Å². The molecule has 1 aliphatic rings. The molecule has 2 atom stereocenters. The van der Waals surface area contributed by atoms with E-state index in [1.54, 1.807) is 7.11 Å². The zero-order valence-corrected chi connectivity index (χ0v) is 11.6. The SMILES string of the molecule is COCCO[C@H]1CNC[C@@H]1NC(=O)OC(C)(C)C. The molecule has 6 heteroatoms. The lowest BCUT2D eigenvalue weighted by Gasteiger charge is -2.24. The molecule has 1 amide bonds. The molecule has 2 N–H and O–H groups in total. The smallest absolute Gasteiger partial charge is 0.408 e. The Morgan fingerprint density at radius 2 is 2.06 bits per heavy atom. The van der Waals surface area contributed by atoms with Crippen molar-refractivity contribution < 1.29 is 19.0 Å². The molecule has 0 spiro atoms. The first-order valence-corrected chi connectivity index (χ1v) is 6.23. The topological polar surface area (TPSA) is 68.8 Å². The van der Waals surface area contributed by atoms with Crippen molar-refractivity contribution in [3.8, 4) is 0 Å². The first kappa shape index (κ1) is 15.2. The van der Waals surface area contributed by atoms with E-state index in [-0.39, 0.29) is 12.1 Å². The fraction of sp³-hybridized carbons (Fsp3) is 0.917. The van der Waals surface area contributed by atoms with Crippen LogP contribution in [0.2, 0.25) is 0 Å². The molecule has 6 nitrogen and oxygen atoms in total. The summed E-state index contributed by atoms with van der Waals surface area (Å²) in [6, 6.07) is -0.0586. The maximum Gasteiger partial charge on any atom is 0.408 e. The third-order valence-corrected chi connectivity index (χ3v) is 2.48. The minimum absolute atomic E-state index is 0.0346. The number of amides is 1. The second-order valence-electron chi connectivity index (χ2n) is 5.31. The van der Waals surface area contributed by atoms with Crippen LogP contribution >= 0.6 is 0 Å². The largest absolute Gasteiger partial charge is 0.444 e. The van der Waals surface area contributed by atoms with Crippen LogP contribution in [0.1, 0.15) is 20.8 Å². The lowest BCUT2D eigenvalue weighted by molar-refractivity contribution is 0.00908. The second kappa shape index (κ2) is 6.92. The standard InChI is InChI=1S/C12H24N2O4/c1-12(2,3)18-11(15)14-9-7-13-8-10(9)17-6-5-16-4/h9-10,13H,5-8H2,1-4H3,(H,14,15)/t9-,10-/m0/s1. The molecule has 18 heavy (non-hydrogen) atoms. The number of carbonyl (C=O) groups is 1. The lowest BCUT2D eigenvalue weighted by atomic mass is 10.2. The number of ether oxygens (including phenoxy) is 3. The molecule has 0 radical (unpaired) electrons.